The van der Waals surface area contributed by atoms with Gasteiger partial charge in [-0.2, -0.15) is 5.26 Å². The van der Waals surface area contributed by atoms with Crippen LogP contribution in [0.2, 0.25) is 0 Å². The Morgan fingerprint density at radius 2 is 1.89 bits per heavy atom. The predicted molar refractivity (Wildman–Crippen MR) is 72.6 cm³/mol. The number of hydrogen-bond acceptors (Lipinski definition) is 3. The van der Waals surface area contributed by atoms with Gasteiger partial charge in [0.2, 0.25) is 0 Å². The molecule has 4 rings (SSSR count). The number of nitrogens with zero attached hydrogens (tertiary/aromatic N) is 4. The summed E-state index contributed by atoms with van der Waals surface area (Å²) in [6.45, 7) is 0. The van der Waals surface area contributed by atoms with E-state index < -0.39 is 0 Å². The second-order valence-corrected chi connectivity index (χ2v) is 4.59. The van der Waals surface area contributed by atoms with Gasteiger partial charge in [-0.1, -0.05) is 18.2 Å². The number of pyridine rings is 1. The van der Waals surface area contributed by atoms with Crippen LogP contribution in [-0.4, -0.2) is 14.4 Å². The first-order valence-electron chi connectivity index (χ1n) is 6.26. The van der Waals surface area contributed by atoms with E-state index in [0.29, 0.717) is 11.1 Å². The Labute approximate surface area is 109 Å². The third kappa shape index (κ3) is 1.33. The maximum atomic E-state index is 9.38. The van der Waals surface area contributed by atoms with Gasteiger partial charge >= 0.3 is 0 Å². The summed E-state index contributed by atoms with van der Waals surface area (Å²) in [5.41, 5.74) is 2.92. The molecular weight excluding hydrogens is 236 g/mol. The van der Waals surface area contributed by atoms with E-state index in [9.17, 15) is 5.26 Å². The zero-order valence-corrected chi connectivity index (χ0v) is 10.2. The quantitative estimate of drug-likeness (QED) is 0.597. The fraction of sp³-hybridized carbons (Fsp3) is 0.133. The van der Waals surface area contributed by atoms with Crippen LogP contribution in [0, 0.1) is 11.3 Å². The summed E-state index contributed by atoms with van der Waals surface area (Å²) >= 11 is 0. The average Bonchev–Trinajstić information content (AvgIpc) is 2.78. The van der Waals surface area contributed by atoms with E-state index in [2.05, 4.69) is 28.2 Å². The van der Waals surface area contributed by atoms with Crippen LogP contribution in [0.4, 0.5) is 0 Å². The van der Waals surface area contributed by atoms with Crippen molar-refractivity contribution in [1.82, 2.24) is 14.4 Å². The summed E-state index contributed by atoms with van der Waals surface area (Å²) in [7, 11) is 0. The highest BCUT2D eigenvalue weighted by Gasteiger charge is 2.14. The summed E-state index contributed by atoms with van der Waals surface area (Å²) in [4.78, 5) is 9.31. The van der Waals surface area contributed by atoms with E-state index in [4.69, 9.17) is 0 Å². The highest BCUT2D eigenvalue weighted by Crippen LogP contribution is 2.21. The molecule has 19 heavy (non-hydrogen) atoms. The number of rotatable bonds is 0. The summed E-state index contributed by atoms with van der Waals surface area (Å²) in [5, 5.41) is 11.2. The van der Waals surface area contributed by atoms with E-state index in [1.54, 1.807) is 0 Å². The zero-order chi connectivity index (χ0) is 12.8. The van der Waals surface area contributed by atoms with Gasteiger partial charge in [-0.15, -0.1) is 0 Å². The van der Waals surface area contributed by atoms with Gasteiger partial charge in [0.1, 0.15) is 17.1 Å². The molecular formula is C15H10N4. The molecule has 1 aliphatic carbocycles. The molecule has 0 N–H and O–H groups in total. The fourth-order valence-electron chi connectivity index (χ4n) is 2.59. The van der Waals surface area contributed by atoms with Gasteiger partial charge in [-0.25, -0.2) is 9.97 Å². The van der Waals surface area contributed by atoms with Crippen LogP contribution in [-0.2, 0) is 0 Å². The molecule has 1 aliphatic rings. The fourth-order valence-corrected chi connectivity index (χ4v) is 2.59. The molecule has 4 nitrogen and oxygen atoms in total. The third-order valence-corrected chi connectivity index (χ3v) is 3.47. The number of aromatic nitrogens is 3. The first kappa shape index (κ1) is 10.3. The second-order valence-electron chi connectivity index (χ2n) is 4.59. The Morgan fingerprint density at radius 3 is 2.68 bits per heavy atom. The molecule has 0 aromatic carbocycles. The van der Waals surface area contributed by atoms with Crippen LogP contribution in [0.15, 0.2) is 24.4 Å². The highest BCUT2D eigenvalue weighted by atomic mass is 15.0. The lowest BCUT2D eigenvalue weighted by atomic mass is 10.2. The topological polar surface area (TPSA) is 54.0 Å². The van der Waals surface area contributed by atoms with Gasteiger partial charge in [0.25, 0.3) is 0 Å². The molecule has 0 aliphatic heterocycles. The second kappa shape index (κ2) is 3.66. The highest BCUT2D eigenvalue weighted by molar-refractivity contribution is 5.89. The molecule has 0 saturated carbocycles. The molecule has 0 unspecified atom stereocenters. The van der Waals surface area contributed by atoms with Crippen LogP contribution in [0.25, 0.3) is 28.8 Å². The largest absolute Gasteiger partial charge is 0.299 e. The summed E-state index contributed by atoms with van der Waals surface area (Å²) < 4.78 is 1.93. The molecule has 0 radical (unpaired) electrons. The molecule has 0 fully saturated rings. The van der Waals surface area contributed by atoms with E-state index in [1.807, 2.05) is 28.8 Å². The van der Waals surface area contributed by atoms with Crippen molar-refractivity contribution in [2.24, 2.45) is 0 Å². The van der Waals surface area contributed by atoms with E-state index >= 15 is 0 Å². The van der Waals surface area contributed by atoms with Crippen molar-refractivity contribution in [3.05, 3.63) is 40.7 Å². The van der Waals surface area contributed by atoms with Crippen molar-refractivity contribution in [3.8, 4) is 6.07 Å². The molecule has 0 atom stereocenters. The lowest BCUT2D eigenvalue weighted by Crippen LogP contribution is -2.33. The molecule has 0 saturated heterocycles. The summed E-state index contributed by atoms with van der Waals surface area (Å²) in [5.74, 6) is 0. The van der Waals surface area contributed by atoms with Crippen molar-refractivity contribution in [2.75, 3.05) is 0 Å². The Hall–Kier alpha value is -2.67. The number of hydrogen-bond donors (Lipinski definition) is 0. The van der Waals surface area contributed by atoms with Crippen molar-refractivity contribution < 1.29 is 0 Å². The molecule has 3 aromatic heterocycles. The Kier molecular flexibility index (Phi) is 1.98. The molecule has 3 heterocycles. The minimum absolute atomic E-state index is 0.602. The Morgan fingerprint density at radius 1 is 1.11 bits per heavy atom. The minimum atomic E-state index is 0.602. The monoisotopic (exact) mass is 246 g/mol. The van der Waals surface area contributed by atoms with Gasteiger partial charge in [-0.3, -0.25) is 4.40 Å². The van der Waals surface area contributed by atoms with Gasteiger partial charge in [0.05, 0.1) is 16.2 Å². The first-order chi connectivity index (χ1) is 9.38. The molecule has 90 valence electrons. The Balaban J connectivity index is 2.34. The normalized spacial score (nSPS) is 13.6. The van der Waals surface area contributed by atoms with Crippen LogP contribution in [0.5, 0.6) is 0 Å². The van der Waals surface area contributed by atoms with Crippen molar-refractivity contribution in [3.63, 3.8) is 0 Å². The summed E-state index contributed by atoms with van der Waals surface area (Å²) in [6.07, 6.45) is 8.11. The van der Waals surface area contributed by atoms with Crippen LogP contribution >= 0.6 is 0 Å². The first-order valence-corrected chi connectivity index (χ1v) is 6.26. The van der Waals surface area contributed by atoms with Gasteiger partial charge < -0.3 is 0 Å². The molecule has 3 aromatic rings. The lowest BCUT2D eigenvalue weighted by molar-refractivity contribution is 1.04. The molecule has 4 heteroatoms. The van der Waals surface area contributed by atoms with E-state index in [-0.39, 0.29) is 0 Å². The van der Waals surface area contributed by atoms with Crippen LogP contribution in [0.1, 0.15) is 18.4 Å². The standard InChI is InChI=1S/C15H10N4/c16-9-10-13-7-3-4-8-19(13)15-14(10)17-11-5-1-2-6-12(11)18-15/h3-8H,1-2H2. The summed E-state index contributed by atoms with van der Waals surface area (Å²) in [6, 6.07) is 8.04. The Bertz CT molecular complexity index is 973. The minimum Gasteiger partial charge on any atom is -0.299 e. The SMILES string of the molecule is N#Cc1c2nc3c(nc2n2ccccc12)=CCCC=3. The number of nitriles is 1. The number of fused-ring (bicyclic) bond motifs is 4. The van der Waals surface area contributed by atoms with Crippen LogP contribution in [0.3, 0.4) is 0 Å². The smallest absolute Gasteiger partial charge is 0.165 e. The zero-order valence-electron chi connectivity index (χ0n) is 10.2. The predicted octanol–water partition coefficient (Wildman–Crippen LogP) is 1.11. The van der Waals surface area contributed by atoms with Gasteiger partial charge in [0, 0.05) is 6.20 Å². The van der Waals surface area contributed by atoms with Crippen LogP contribution < -0.4 is 10.7 Å². The van der Waals surface area contributed by atoms with Gasteiger partial charge in [0.15, 0.2) is 5.65 Å². The molecule has 0 spiro atoms. The maximum absolute atomic E-state index is 9.38. The molecule has 0 bridgehead atoms. The van der Waals surface area contributed by atoms with Crippen molar-refractivity contribution in [1.29, 1.82) is 5.26 Å². The lowest BCUT2D eigenvalue weighted by Gasteiger charge is -1.99. The van der Waals surface area contributed by atoms with Crippen molar-refractivity contribution in [2.45, 2.75) is 12.8 Å². The van der Waals surface area contributed by atoms with E-state index in [0.717, 1.165) is 34.7 Å². The molecule has 0 amide bonds. The third-order valence-electron chi connectivity index (χ3n) is 3.47. The maximum Gasteiger partial charge on any atom is 0.165 e. The van der Waals surface area contributed by atoms with Crippen molar-refractivity contribution >= 4 is 28.8 Å². The average molecular weight is 246 g/mol. The van der Waals surface area contributed by atoms with E-state index in [1.165, 1.54) is 0 Å². The van der Waals surface area contributed by atoms with Gasteiger partial charge in [-0.05, 0) is 25.0 Å².